The van der Waals surface area contributed by atoms with Crippen LogP contribution < -0.4 is 18.9 Å². The predicted molar refractivity (Wildman–Crippen MR) is 344 cm³/mol. The Morgan fingerprint density at radius 3 is 0.953 bits per heavy atom. The second-order valence-corrected chi connectivity index (χ2v) is 23.1. The molecule has 0 fully saturated rings. The van der Waals surface area contributed by atoms with Crippen LogP contribution in [0.1, 0.15) is 271 Å². The number of unbranched alkanes of at least 4 members (excludes halogenated alkanes) is 34. The van der Waals surface area contributed by atoms with Gasteiger partial charge in [-0.1, -0.05) is 238 Å². The Morgan fingerprint density at radius 1 is 0.329 bits per heavy atom. The van der Waals surface area contributed by atoms with Crippen molar-refractivity contribution in [3.05, 3.63) is 131 Å². The largest absolute Gasteiger partial charge is 0.491 e. The highest BCUT2D eigenvalue weighted by Crippen LogP contribution is 2.30. The highest BCUT2D eigenvalue weighted by atomic mass is 19.1. The molecular formula is C73H102F2N4O6. The summed E-state index contributed by atoms with van der Waals surface area (Å²) in [6.07, 6.45) is 47.2. The third-order valence-electron chi connectivity index (χ3n) is 15.7. The molecule has 464 valence electrons. The van der Waals surface area contributed by atoms with Crippen molar-refractivity contribution in [2.24, 2.45) is 20.5 Å². The molecule has 5 aromatic rings. The molecule has 0 amide bonds. The fourth-order valence-electron chi connectivity index (χ4n) is 10.3. The lowest BCUT2D eigenvalue weighted by atomic mass is 10.0. The fourth-order valence-corrected chi connectivity index (χ4v) is 10.3. The molecule has 0 saturated heterocycles. The zero-order chi connectivity index (χ0) is 60.2. The first-order chi connectivity index (χ1) is 41.7. The minimum Gasteiger partial charge on any atom is -0.491 e. The number of nitrogens with zero attached hydrogens (tertiary/aromatic N) is 4. The summed E-state index contributed by atoms with van der Waals surface area (Å²) in [4.78, 5) is 26.3. The van der Waals surface area contributed by atoms with Crippen molar-refractivity contribution < 1.29 is 37.3 Å². The van der Waals surface area contributed by atoms with Crippen LogP contribution in [0, 0.1) is 18.6 Å². The molecule has 0 spiro atoms. The Morgan fingerprint density at radius 2 is 0.624 bits per heavy atom. The number of esters is 2. The van der Waals surface area contributed by atoms with Gasteiger partial charge in [0, 0.05) is 18.2 Å². The summed E-state index contributed by atoms with van der Waals surface area (Å²) in [6, 6.07) is 26.5. The van der Waals surface area contributed by atoms with E-state index in [0.717, 1.165) is 25.7 Å². The number of aryl methyl sites for hydroxylation is 1. The van der Waals surface area contributed by atoms with E-state index in [-0.39, 0.29) is 34.1 Å². The highest BCUT2D eigenvalue weighted by molar-refractivity contribution is 5.92. The minimum atomic E-state index is -0.630. The fraction of sp³-hybridized carbons (Fsp3) is 0.562. The number of rotatable bonds is 48. The van der Waals surface area contributed by atoms with Crippen molar-refractivity contribution in [3.63, 3.8) is 0 Å². The molecule has 5 aromatic carbocycles. The van der Waals surface area contributed by atoms with E-state index >= 15 is 0 Å². The molecular weight excluding hydrogens is 1070 g/mol. The lowest BCUT2D eigenvalue weighted by Gasteiger charge is -2.10. The van der Waals surface area contributed by atoms with Crippen LogP contribution in [-0.2, 0) is 0 Å². The summed E-state index contributed by atoms with van der Waals surface area (Å²) >= 11 is 0. The Labute approximate surface area is 509 Å². The van der Waals surface area contributed by atoms with E-state index in [1.54, 1.807) is 91.9 Å². The lowest BCUT2D eigenvalue weighted by molar-refractivity contribution is 0.0731. The van der Waals surface area contributed by atoms with E-state index in [1.807, 2.05) is 0 Å². The van der Waals surface area contributed by atoms with Gasteiger partial charge in [-0.25, -0.2) is 18.4 Å². The second-order valence-electron chi connectivity index (χ2n) is 23.1. The molecule has 0 unspecified atom stereocenters. The molecule has 0 bridgehead atoms. The monoisotopic (exact) mass is 1170 g/mol. The van der Waals surface area contributed by atoms with Crippen LogP contribution in [-0.4, -0.2) is 25.2 Å². The number of carbonyl (C=O) groups excluding carboxylic acids is 2. The molecule has 12 heteroatoms. The van der Waals surface area contributed by atoms with Crippen molar-refractivity contribution in [1.82, 2.24) is 0 Å². The van der Waals surface area contributed by atoms with Crippen molar-refractivity contribution in [1.29, 1.82) is 0 Å². The molecule has 0 aliphatic rings. The molecule has 0 aliphatic heterocycles. The van der Waals surface area contributed by atoms with E-state index in [2.05, 4.69) is 34.3 Å². The molecule has 0 aromatic heterocycles. The van der Waals surface area contributed by atoms with Gasteiger partial charge in [-0.15, -0.1) is 0 Å². The first-order valence-corrected chi connectivity index (χ1v) is 33.2. The first kappa shape index (κ1) is 69.5. The maximum Gasteiger partial charge on any atom is 0.343 e. The van der Waals surface area contributed by atoms with E-state index in [1.165, 1.54) is 224 Å². The topological polar surface area (TPSA) is 121 Å². The van der Waals surface area contributed by atoms with Gasteiger partial charge < -0.3 is 18.9 Å². The quantitative estimate of drug-likeness (QED) is 0.0166. The van der Waals surface area contributed by atoms with Gasteiger partial charge in [0.2, 0.25) is 0 Å². The first-order valence-electron chi connectivity index (χ1n) is 33.2. The Balaban J connectivity index is 0.914. The van der Waals surface area contributed by atoms with Crippen molar-refractivity contribution in [2.45, 2.75) is 252 Å². The summed E-state index contributed by atoms with van der Waals surface area (Å²) in [5, 5.41) is 16.8. The number of hydrogen-bond acceptors (Lipinski definition) is 10. The van der Waals surface area contributed by atoms with Gasteiger partial charge in [-0.05, 0) is 104 Å². The number of ether oxygens (including phenoxy) is 4. The molecule has 0 heterocycles. The van der Waals surface area contributed by atoms with Gasteiger partial charge in [0.15, 0.2) is 23.1 Å². The standard InChI is InChI=1S/C73H102F2N4O6/c1-4-6-8-10-12-14-16-18-20-22-24-26-28-30-32-34-36-38-54-82-69-52-49-64(56-67(69)74)78-76-62-45-41-60(42-46-62)72(80)84-66-51-40-59(3)71(58-66)85-73(81)61-43-47-63(48-44-61)77-79-65-50-53-70(68(75)57-65)83-55-39-37-35-33-31-29-27-25-23-21-19-17-15-13-11-9-7-5-2/h40-53,56-58H,4-39,54-55H2,1-3H3. The summed E-state index contributed by atoms with van der Waals surface area (Å²) in [5.74, 6) is -1.45. The number of benzene rings is 5. The highest BCUT2D eigenvalue weighted by Gasteiger charge is 2.15. The molecule has 10 nitrogen and oxygen atoms in total. The molecule has 5 rings (SSSR count). The van der Waals surface area contributed by atoms with Gasteiger partial charge in [-0.2, -0.15) is 20.5 Å². The summed E-state index contributed by atoms with van der Waals surface area (Å²) in [6.45, 7) is 7.26. The van der Waals surface area contributed by atoms with Gasteiger partial charge in [0.1, 0.15) is 11.5 Å². The van der Waals surface area contributed by atoms with E-state index in [0.29, 0.717) is 41.5 Å². The van der Waals surface area contributed by atoms with Crippen LogP contribution in [0.15, 0.2) is 124 Å². The smallest absolute Gasteiger partial charge is 0.343 e. The van der Waals surface area contributed by atoms with Gasteiger partial charge in [-0.3, -0.25) is 0 Å². The lowest BCUT2D eigenvalue weighted by Crippen LogP contribution is -2.11. The van der Waals surface area contributed by atoms with Crippen LogP contribution >= 0.6 is 0 Å². The van der Waals surface area contributed by atoms with Crippen LogP contribution in [0.3, 0.4) is 0 Å². The average molecular weight is 1170 g/mol. The zero-order valence-electron chi connectivity index (χ0n) is 52.2. The van der Waals surface area contributed by atoms with Gasteiger partial charge in [0.25, 0.3) is 0 Å². The number of carbonyl (C=O) groups is 2. The third-order valence-corrected chi connectivity index (χ3v) is 15.7. The van der Waals surface area contributed by atoms with Crippen molar-refractivity contribution in [3.8, 4) is 23.0 Å². The SMILES string of the molecule is CCCCCCCCCCCCCCCCCCCCOc1ccc(N=Nc2ccc(C(=O)Oc3ccc(C)c(OC(=O)c4ccc(N=Nc5ccc(OCCCCCCCCCCCCCCCCCCCC)c(F)c5)cc4)c3)cc2)cc1F. The Bertz CT molecular complexity index is 2660. The predicted octanol–water partition coefficient (Wildman–Crippen LogP) is 24.4. The maximum atomic E-state index is 14.9. The van der Waals surface area contributed by atoms with Crippen LogP contribution in [0.5, 0.6) is 23.0 Å². The normalized spacial score (nSPS) is 11.5. The second kappa shape index (κ2) is 44.2. The number of hydrogen-bond donors (Lipinski definition) is 0. The Hall–Kier alpha value is -6.30. The minimum absolute atomic E-state index is 0.180. The van der Waals surface area contributed by atoms with E-state index in [4.69, 9.17) is 18.9 Å². The molecule has 0 radical (unpaired) electrons. The summed E-state index contributed by atoms with van der Waals surface area (Å²) in [5.41, 5.74) is 2.75. The van der Waals surface area contributed by atoms with Crippen LogP contribution in [0.4, 0.5) is 31.5 Å². The zero-order valence-corrected chi connectivity index (χ0v) is 52.2. The molecule has 0 saturated carbocycles. The maximum absolute atomic E-state index is 14.9. The Kier molecular flexibility index (Phi) is 36.1. The van der Waals surface area contributed by atoms with Crippen molar-refractivity contribution >= 4 is 34.7 Å². The van der Waals surface area contributed by atoms with Crippen molar-refractivity contribution in [2.75, 3.05) is 13.2 Å². The number of halogens is 2. The molecule has 0 aliphatic carbocycles. The average Bonchev–Trinajstić information content (AvgIpc) is 3.57. The third kappa shape index (κ3) is 30.6. The van der Waals surface area contributed by atoms with E-state index in [9.17, 15) is 18.4 Å². The number of azo groups is 2. The molecule has 85 heavy (non-hydrogen) atoms. The van der Waals surface area contributed by atoms with Crippen LogP contribution in [0.25, 0.3) is 0 Å². The van der Waals surface area contributed by atoms with Gasteiger partial charge in [0.05, 0.1) is 47.1 Å². The molecule has 0 atom stereocenters. The summed E-state index contributed by atoms with van der Waals surface area (Å²) in [7, 11) is 0. The van der Waals surface area contributed by atoms with Gasteiger partial charge >= 0.3 is 11.9 Å². The van der Waals surface area contributed by atoms with E-state index < -0.39 is 23.6 Å². The summed E-state index contributed by atoms with van der Waals surface area (Å²) < 4.78 is 52.6. The van der Waals surface area contributed by atoms with Crippen LogP contribution in [0.2, 0.25) is 0 Å². The molecule has 0 N–H and O–H groups in total.